The van der Waals surface area contributed by atoms with Crippen LogP contribution in [0.5, 0.6) is 0 Å². The van der Waals surface area contributed by atoms with Crippen LogP contribution < -0.4 is 0 Å². The average molecular weight is 413 g/mol. The van der Waals surface area contributed by atoms with Gasteiger partial charge in [0.2, 0.25) is 0 Å². The lowest BCUT2D eigenvalue weighted by Crippen LogP contribution is -2.40. The minimum atomic E-state index is -1.30. The zero-order chi connectivity index (χ0) is 20.7. The number of halogens is 2. The molecule has 1 heterocycles. The number of aliphatic hydroxyl groups is 1. The highest BCUT2D eigenvalue weighted by molar-refractivity contribution is 6.30. The van der Waals surface area contributed by atoms with Crippen molar-refractivity contribution in [2.75, 3.05) is 13.2 Å². The number of carbonyl (C=O) groups is 2. The lowest BCUT2D eigenvalue weighted by Gasteiger charge is -2.25. The van der Waals surface area contributed by atoms with Crippen molar-refractivity contribution in [1.29, 1.82) is 0 Å². The van der Waals surface area contributed by atoms with E-state index in [1.54, 1.807) is 0 Å². The monoisotopic (exact) mass is 412 g/mol. The smallest absolute Gasteiger partial charge is 0.334 e. The first-order valence-electron chi connectivity index (χ1n) is 9.50. The van der Waals surface area contributed by atoms with Crippen molar-refractivity contribution in [3.63, 3.8) is 0 Å². The van der Waals surface area contributed by atoms with E-state index in [0.717, 1.165) is 19.3 Å². The first-order chi connectivity index (χ1) is 13.3. The van der Waals surface area contributed by atoms with E-state index in [4.69, 9.17) is 21.1 Å². The van der Waals surface area contributed by atoms with Crippen molar-refractivity contribution in [1.82, 2.24) is 0 Å². The van der Waals surface area contributed by atoms with Crippen molar-refractivity contribution in [3.8, 4) is 0 Å². The number of benzene rings is 1. The lowest BCUT2D eigenvalue weighted by atomic mass is 9.97. The Morgan fingerprint density at radius 3 is 2.82 bits per heavy atom. The molecule has 7 heteroatoms. The van der Waals surface area contributed by atoms with Crippen LogP contribution in [-0.4, -0.2) is 35.9 Å². The lowest BCUT2D eigenvalue weighted by molar-refractivity contribution is -0.169. The Kier molecular flexibility index (Phi) is 8.01. The van der Waals surface area contributed by atoms with Gasteiger partial charge in [-0.25, -0.2) is 9.18 Å². The Morgan fingerprint density at radius 1 is 1.46 bits per heavy atom. The van der Waals surface area contributed by atoms with Gasteiger partial charge in [0.15, 0.2) is 5.60 Å². The molecule has 2 rings (SSSR count). The molecule has 0 saturated carbocycles. The Morgan fingerprint density at radius 2 is 2.21 bits per heavy atom. The van der Waals surface area contributed by atoms with Gasteiger partial charge in [0.1, 0.15) is 12.4 Å². The standard InChI is InChI=1S/C21H26ClFO5/c1-3-5-6-15(4-2)19(25)27-13-21(12-24)11-16(20(26)28-21)9-14-7-8-18(23)17(22)10-14/h7-10,15,24H,3-6,11-13H2,1-2H3/b16-9+. The third-order valence-electron chi connectivity index (χ3n) is 4.87. The van der Waals surface area contributed by atoms with Gasteiger partial charge in [-0.05, 0) is 36.6 Å². The summed E-state index contributed by atoms with van der Waals surface area (Å²) in [5, 5.41) is 9.73. The number of carbonyl (C=O) groups excluding carboxylic acids is 2. The molecule has 154 valence electrons. The van der Waals surface area contributed by atoms with E-state index >= 15 is 0 Å². The van der Waals surface area contributed by atoms with Gasteiger partial charge in [-0.2, -0.15) is 0 Å². The molecule has 0 bridgehead atoms. The summed E-state index contributed by atoms with van der Waals surface area (Å²) < 4.78 is 24.0. The third kappa shape index (κ3) is 5.55. The Hall–Kier alpha value is -1.92. The summed E-state index contributed by atoms with van der Waals surface area (Å²) in [5.41, 5.74) is -0.466. The molecule has 1 aliphatic rings. The van der Waals surface area contributed by atoms with E-state index in [9.17, 15) is 19.1 Å². The fourth-order valence-corrected chi connectivity index (χ4v) is 3.29. The SMILES string of the molecule is CCCCC(CC)C(=O)OCC1(CO)C/C(=C\c2ccc(F)c(Cl)c2)C(=O)O1. The predicted octanol–water partition coefficient (Wildman–Crippen LogP) is 4.30. The topological polar surface area (TPSA) is 72.8 Å². The Bertz CT molecular complexity index is 748. The van der Waals surface area contributed by atoms with E-state index in [2.05, 4.69) is 6.92 Å². The molecule has 1 aliphatic heterocycles. The molecule has 2 atom stereocenters. The number of ether oxygens (including phenoxy) is 2. The largest absolute Gasteiger partial charge is 0.461 e. The van der Waals surface area contributed by atoms with Crippen LogP contribution in [-0.2, 0) is 19.1 Å². The summed E-state index contributed by atoms with van der Waals surface area (Å²) in [4.78, 5) is 24.5. The van der Waals surface area contributed by atoms with Gasteiger partial charge < -0.3 is 14.6 Å². The predicted molar refractivity (Wildman–Crippen MR) is 104 cm³/mol. The van der Waals surface area contributed by atoms with Crippen LogP contribution in [0, 0.1) is 11.7 Å². The molecular formula is C21H26ClFO5. The number of esters is 2. The minimum Gasteiger partial charge on any atom is -0.461 e. The molecule has 5 nitrogen and oxygen atoms in total. The second kappa shape index (κ2) is 10.0. The number of hydrogen-bond acceptors (Lipinski definition) is 5. The van der Waals surface area contributed by atoms with E-state index < -0.39 is 24.0 Å². The summed E-state index contributed by atoms with van der Waals surface area (Å²) in [6, 6.07) is 4.09. The summed E-state index contributed by atoms with van der Waals surface area (Å²) in [6.07, 6.45) is 4.94. The molecule has 0 aromatic heterocycles. The van der Waals surface area contributed by atoms with Gasteiger partial charge in [0, 0.05) is 12.0 Å². The van der Waals surface area contributed by atoms with Gasteiger partial charge in [0.05, 0.1) is 17.5 Å². The minimum absolute atomic E-state index is 0.0549. The van der Waals surface area contributed by atoms with Crippen LogP contribution in [0.15, 0.2) is 23.8 Å². The molecule has 0 aliphatic carbocycles. The molecule has 1 saturated heterocycles. The molecular weight excluding hydrogens is 387 g/mol. The number of aliphatic hydroxyl groups excluding tert-OH is 1. The normalized spacial score (nSPS) is 21.6. The van der Waals surface area contributed by atoms with Gasteiger partial charge >= 0.3 is 11.9 Å². The van der Waals surface area contributed by atoms with Crippen molar-refractivity contribution in [2.24, 2.45) is 5.92 Å². The van der Waals surface area contributed by atoms with E-state index in [1.165, 1.54) is 24.3 Å². The maximum atomic E-state index is 13.3. The van der Waals surface area contributed by atoms with E-state index in [0.29, 0.717) is 17.6 Å². The maximum absolute atomic E-state index is 13.3. The molecule has 1 aromatic rings. The van der Waals surface area contributed by atoms with Crippen LogP contribution in [0.25, 0.3) is 6.08 Å². The van der Waals surface area contributed by atoms with Crippen LogP contribution >= 0.6 is 11.6 Å². The molecule has 0 amide bonds. The van der Waals surface area contributed by atoms with Gasteiger partial charge in [0.25, 0.3) is 0 Å². The molecule has 1 aromatic carbocycles. The third-order valence-corrected chi connectivity index (χ3v) is 5.16. The van der Waals surface area contributed by atoms with Crippen molar-refractivity contribution >= 4 is 29.6 Å². The summed E-state index contributed by atoms with van der Waals surface area (Å²) in [7, 11) is 0. The summed E-state index contributed by atoms with van der Waals surface area (Å²) in [6.45, 7) is 3.30. The average Bonchev–Trinajstić information content (AvgIpc) is 3.00. The fourth-order valence-electron chi connectivity index (χ4n) is 3.10. The molecule has 1 N–H and O–H groups in total. The highest BCUT2D eigenvalue weighted by Gasteiger charge is 2.44. The molecule has 28 heavy (non-hydrogen) atoms. The highest BCUT2D eigenvalue weighted by Crippen LogP contribution is 2.33. The van der Waals surface area contributed by atoms with Crippen LogP contribution in [0.3, 0.4) is 0 Å². The summed E-state index contributed by atoms with van der Waals surface area (Å²) in [5.74, 6) is -1.71. The van der Waals surface area contributed by atoms with Crippen LogP contribution in [0.2, 0.25) is 5.02 Å². The zero-order valence-corrected chi connectivity index (χ0v) is 16.9. The van der Waals surface area contributed by atoms with Crippen molar-refractivity contribution in [3.05, 3.63) is 40.2 Å². The second-order valence-electron chi connectivity index (χ2n) is 7.11. The second-order valence-corrected chi connectivity index (χ2v) is 7.51. The van der Waals surface area contributed by atoms with Crippen LogP contribution in [0.1, 0.15) is 51.5 Å². The van der Waals surface area contributed by atoms with Gasteiger partial charge in [-0.3, -0.25) is 4.79 Å². The zero-order valence-electron chi connectivity index (χ0n) is 16.2. The first-order valence-corrected chi connectivity index (χ1v) is 9.88. The van der Waals surface area contributed by atoms with Crippen LogP contribution in [0.4, 0.5) is 4.39 Å². The van der Waals surface area contributed by atoms with Crippen molar-refractivity contribution in [2.45, 2.75) is 51.6 Å². The fraction of sp³-hybridized carbons (Fsp3) is 0.524. The van der Waals surface area contributed by atoms with Gasteiger partial charge in [-0.1, -0.05) is 44.4 Å². The Balaban J connectivity index is 2.07. The maximum Gasteiger partial charge on any atom is 0.334 e. The number of rotatable bonds is 9. The molecule has 0 spiro atoms. The number of cyclic esters (lactones) is 1. The highest BCUT2D eigenvalue weighted by atomic mass is 35.5. The molecule has 0 radical (unpaired) electrons. The number of hydrogen-bond donors (Lipinski definition) is 1. The Labute approximate surface area is 169 Å². The number of unbranched alkanes of at least 4 members (excludes halogenated alkanes) is 1. The first kappa shape index (κ1) is 22.4. The van der Waals surface area contributed by atoms with E-state index in [1.807, 2.05) is 6.92 Å². The molecule has 2 unspecified atom stereocenters. The summed E-state index contributed by atoms with van der Waals surface area (Å²) >= 11 is 5.77. The quantitative estimate of drug-likeness (QED) is 0.483. The molecule has 1 fully saturated rings. The van der Waals surface area contributed by atoms with Crippen molar-refractivity contribution < 1.29 is 28.6 Å². The van der Waals surface area contributed by atoms with Gasteiger partial charge in [-0.15, -0.1) is 0 Å². The van der Waals surface area contributed by atoms with E-state index in [-0.39, 0.29) is 29.9 Å².